The number of hydrogen-bond acceptors (Lipinski definition) is 5. The second-order valence-electron chi connectivity index (χ2n) is 6.67. The van der Waals surface area contributed by atoms with Crippen molar-refractivity contribution in [1.82, 2.24) is 15.1 Å². The van der Waals surface area contributed by atoms with Crippen LogP contribution in [0.1, 0.15) is 33.6 Å². The number of piperidine rings is 1. The third-order valence-corrected chi connectivity index (χ3v) is 4.22. The molecule has 0 aliphatic carbocycles. The second-order valence-corrected chi connectivity index (χ2v) is 6.67. The number of esters is 1. The van der Waals surface area contributed by atoms with Gasteiger partial charge in [-0.3, -0.25) is 19.3 Å². The molecule has 0 aromatic heterocycles. The smallest absolute Gasteiger partial charge is 0.326 e. The molecule has 2 aliphatic rings. The monoisotopic (exact) mass is 325 g/mol. The van der Waals surface area contributed by atoms with Crippen LogP contribution in [-0.2, 0) is 19.1 Å². The summed E-state index contributed by atoms with van der Waals surface area (Å²) in [5.74, 6) is -0.909. The fourth-order valence-electron chi connectivity index (χ4n) is 2.63. The highest BCUT2D eigenvalue weighted by atomic mass is 16.5. The molecule has 8 heteroatoms. The molecule has 2 rings (SSSR count). The van der Waals surface area contributed by atoms with E-state index in [1.807, 2.05) is 0 Å². The molecule has 2 heterocycles. The number of urea groups is 1. The Bertz CT molecular complexity index is 523. The van der Waals surface area contributed by atoms with Crippen LogP contribution in [0.4, 0.5) is 4.79 Å². The lowest BCUT2D eigenvalue weighted by molar-refractivity contribution is -0.154. The van der Waals surface area contributed by atoms with Crippen molar-refractivity contribution in [3.8, 4) is 0 Å². The highest BCUT2D eigenvalue weighted by Crippen LogP contribution is 2.17. The molecule has 2 fully saturated rings. The summed E-state index contributed by atoms with van der Waals surface area (Å²) in [6, 6.07) is -0.631. The topological polar surface area (TPSA) is 96.0 Å². The molecule has 0 atom stereocenters. The van der Waals surface area contributed by atoms with E-state index in [9.17, 15) is 19.2 Å². The molecule has 23 heavy (non-hydrogen) atoms. The number of nitrogens with one attached hydrogen (secondary N) is 1. The highest BCUT2D eigenvalue weighted by molar-refractivity contribution is 6.08. The number of hydrogen-bond donors (Lipinski definition) is 1. The first kappa shape index (κ1) is 17.2. The van der Waals surface area contributed by atoms with Crippen molar-refractivity contribution in [1.29, 1.82) is 0 Å². The lowest BCUT2D eigenvalue weighted by atomic mass is 9.99. The Morgan fingerprint density at radius 1 is 1.26 bits per heavy atom. The molecule has 1 N–H and O–H groups in total. The van der Waals surface area contributed by atoms with Crippen molar-refractivity contribution >= 4 is 23.8 Å². The van der Waals surface area contributed by atoms with Crippen molar-refractivity contribution < 1.29 is 23.9 Å². The van der Waals surface area contributed by atoms with Crippen LogP contribution in [0.15, 0.2) is 0 Å². The van der Waals surface area contributed by atoms with Gasteiger partial charge in [-0.2, -0.15) is 0 Å². The molecule has 4 amide bonds. The number of ether oxygens (including phenoxy) is 1. The maximum absolute atomic E-state index is 12.0. The van der Waals surface area contributed by atoms with Crippen LogP contribution in [0.2, 0.25) is 0 Å². The molecular formula is C15H23N3O5. The molecule has 0 aromatic carbocycles. The number of likely N-dealkylation sites (tertiary alicyclic amines) is 1. The Morgan fingerprint density at radius 3 is 2.39 bits per heavy atom. The summed E-state index contributed by atoms with van der Waals surface area (Å²) in [4.78, 5) is 49.8. The van der Waals surface area contributed by atoms with E-state index in [0.717, 1.165) is 17.7 Å². The first-order valence-corrected chi connectivity index (χ1v) is 7.78. The molecule has 0 aromatic rings. The van der Waals surface area contributed by atoms with Gasteiger partial charge in [0.1, 0.15) is 12.1 Å². The van der Waals surface area contributed by atoms with E-state index in [1.165, 1.54) is 0 Å². The van der Waals surface area contributed by atoms with Gasteiger partial charge in [0.2, 0.25) is 0 Å². The Kier molecular flexibility index (Phi) is 4.91. The van der Waals surface area contributed by atoms with Gasteiger partial charge in [-0.15, -0.1) is 0 Å². The predicted molar refractivity (Wildman–Crippen MR) is 80.3 cm³/mol. The quantitative estimate of drug-likeness (QED) is 0.585. The van der Waals surface area contributed by atoms with Gasteiger partial charge in [0, 0.05) is 13.1 Å². The van der Waals surface area contributed by atoms with Crippen molar-refractivity contribution in [2.24, 2.45) is 5.92 Å². The first-order chi connectivity index (χ1) is 10.7. The lowest BCUT2D eigenvalue weighted by Crippen LogP contribution is -2.42. The number of amides is 4. The van der Waals surface area contributed by atoms with E-state index in [0.29, 0.717) is 19.0 Å². The Labute approximate surface area is 135 Å². The van der Waals surface area contributed by atoms with Gasteiger partial charge in [-0.25, -0.2) is 4.79 Å². The highest BCUT2D eigenvalue weighted by Gasteiger charge is 2.45. The minimum absolute atomic E-state index is 0.247. The summed E-state index contributed by atoms with van der Waals surface area (Å²) in [6.45, 7) is 5.73. The van der Waals surface area contributed by atoms with E-state index in [-0.39, 0.29) is 12.5 Å². The molecule has 0 spiro atoms. The number of carbonyl (C=O) groups is 4. The minimum atomic E-state index is -1.03. The molecular weight excluding hydrogens is 302 g/mol. The van der Waals surface area contributed by atoms with Gasteiger partial charge in [0.15, 0.2) is 6.61 Å². The average molecular weight is 325 g/mol. The van der Waals surface area contributed by atoms with Crippen molar-refractivity contribution in [3.05, 3.63) is 0 Å². The molecule has 0 unspecified atom stereocenters. The average Bonchev–Trinajstić information content (AvgIpc) is 2.67. The van der Waals surface area contributed by atoms with Crippen LogP contribution in [0.5, 0.6) is 0 Å². The number of rotatable bonds is 4. The Balaban J connectivity index is 1.78. The molecule has 128 valence electrons. The molecule has 0 saturated carbocycles. The minimum Gasteiger partial charge on any atom is -0.454 e. The second kappa shape index (κ2) is 6.55. The van der Waals surface area contributed by atoms with E-state index in [2.05, 4.69) is 12.2 Å². The van der Waals surface area contributed by atoms with Crippen molar-refractivity contribution in [2.45, 2.75) is 39.2 Å². The SMILES string of the molecule is CC1CCN(C(=O)COC(=O)CN2C(=O)NC(C)(C)C2=O)CC1. The van der Waals surface area contributed by atoms with Gasteiger partial charge < -0.3 is 15.0 Å². The molecule has 2 aliphatic heterocycles. The zero-order valence-corrected chi connectivity index (χ0v) is 13.8. The van der Waals surface area contributed by atoms with Gasteiger partial charge in [-0.1, -0.05) is 6.92 Å². The van der Waals surface area contributed by atoms with Gasteiger partial charge >= 0.3 is 12.0 Å². The summed E-state index contributed by atoms with van der Waals surface area (Å²) < 4.78 is 4.91. The number of nitrogens with zero attached hydrogens (tertiary/aromatic N) is 2. The fraction of sp³-hybridized carbons (Fsp3) is 0.733. The summed E-state index contributed by atoms with van der Waals surface area (Å²) in [5, 5.41) is 2.47. The standard InChI is InChI=1S/C15H23N3O5/c1-10-4-6-17(7-5-10)11(19)9-23-12(20)8-18-13(21)15(2,3)16-14(18)22/h10H,4-9H2,1-3H3,(H,16,22). The van der Waals surface area contributed by atoms with Gasteiger partial charge in [0.05, 0.1) is 0 Å². The van der Waals surface area contributed by atoms with Crippen LogP contribution in [0, 0.1) is 5.92 Å². The molecule has 8 nitrogen and oxygen atoms in total. The van der Waals surface area contributed by atoms with Gasteiger partial charge in [0.25, 0.3) is 11.8 Å². The third-order valence-electron chi connectivity index (χ3n) is 4.22. The van der Waals surface area contributed by atoms with Crippen molar-refractivity contribution in [3.63, 3.8) is 0 Å². The fourth-order valence-corrected chi connectivity index (χ4v) is 2.63. The number of carbonyl (C=O) groups excluding carboxylic acids is 4. The maximum Gasteiger partial charge on any atom is 0.326 e. The van der Waals surface area contributed by atoms with Crippen LogP contribution >= 0.6 is 0 Å². The summed E-state index contributed by atoms with van der Waals surface area (Å²) >= 11 is 0. The third kappa shape index (κ3) is 4.00. The lowest BCUT2D eigenvalue weighted by Gasteiger charge is -2.30. The predicted octanol–water partition coefficient (Wildman–Crippen LogP) is 0.119. The molecule has 2 saturated heterocycles. The summed E-state index contributed by atoms with van der Waals surface area (Å²) in [7, 11) is 0. The molecule has 0 radical (unpaired) electrons. The zero-order valence-electron chi connectivity index (χ0n) is 13.8. The van der Waals surface area contributed by atoms with Crippen LogP contribution in [0.25, 0.3) is 0 Å². The van der Waals surface area contributed by atoms with E-state index in [1.54, 1.807) is 18.7 Å². The zero-order chi connectivity index (χ0) is 17.2. The van der Waals surface area contributed by atoms with Gasteiger partial charge in [-0.05, 0) is 32.6 Å². The first-order valence-electron chi connectivity index (χ1n) is 7.78. The Hall–Kier alpha value is -2.12. The van der Waals surface area contributed by atoms with Crippen molar-refractivity contribution in [2.75, 3.05) is 26.2 Å². The van der Waals surface area contributed by atoms with E-state index < -0.39 is 30.0 Å². The van der Waals surface area contributed by atoms with Crippen LogP contribution in [0.3, 0.4) is 0 Å². The summed E-state index contributed by atoms with van der Waals surface area (Å²) in [6.07, 6.45) is 1.88. The normalized spacial score (nSPS) is 21.3. The summed E-state index contributed by atoms with van der Waals surface area (Å²) in [5.41, 5.74) is -1.03. The van der Waals surface area contributed by atoms with E-state index in [4.69, 9.17) is 4.74 Å². The van der Waals surface area contributed by atoms with Crippen LogP contribution < -0.4 is 5.32 Å². The maximum atomic E-state index is 12.0. The van der Waals surface area contributed by atoms with Crippen LogP contribution in [-0.4, -0.2) is 65.4 Å². The number of imide groups is 1. The Morgan fingerprint density at radius 2 is 1.87 bits per heavy atom. The molecule has 0 bridgehead atoms. The van der Waals surface area contributed by atoms with E-state index >= 15 is 0 Å². The largest absolute Gasteiger partial charge is 0.454 e.